The summed E-state index contributed by atoms with van der Waals surface area (Å²) in [7, 11) is 2.07. The quantitative estimate of drug-likeness (QED) is 0.648. The van der Waals surface area contributed by atoms with E-state index in [1.165, 1.54) is 0 Å². The molecule has 1 rings (SSSR count). The van der Waals surface area contributed by atoms with Gasteiger partial charge in [-0.05, 0) is 14.0 Å². The molecule has 5 nitrogen and oxygen atoms in total. The number of likely N-dealkylation sites (N-methyl/N-ethyl adjacent to an activating group) is 1. The van der Waals surface area contributed by atoms with Crippen LogP contribution in [0.1, 0.15) is 12.6 Å². The maximum absolute atomic E-state index is 5.48. The van der Waals surface area contributed by atoms with Crippen LogP contribution in [0.15, 0.2) is 12.5 Å². The molecule has 5 heteroatoms. The Kier molecular flexibility index (Phi) is 6.07. The SMILES string of the molecule is CCOCCN(C)Cc1cn(CCN)cn1. The number of nitrogens with two attached hydrogens (primary N) is 1. The summed E-state index contributed by atoms with van der Waals surface area (Å²) in [6.07, 6.45) is 3.88. The fourth-order valence-electron chi connectivity index (χ4n) is 1.48. The topological polar surface area (TPSA) is 56.3 Å². The maximum atomic E-state index is 5.48. The minimum atomic E-state index is 0.649. The molecule has 92 valence electrons. The van der Waals surface area contributed by atoms with Crippen molar-refractivity contribution in [2.45, 2.75) is 20.0 Å². The molecule has 0 aliphatic carbocycles. The van der Waals surface area contributed by atoms with Gasteiger partial charge in [0.15, 0.2) is 0 Å². The fourth-order valence-corrected chi connectivity index (χ4v) is 1.48. The first-order valence-corrected chi connectivity index (χ1v) is 5.73. The normalized spacial score (nSPS) is 11.2. The van der Waals surface area contributed by atoms with E-state index in [1.807, 2.05) is 24.0 Å². The number of rotatable bonds is 8. The molecule has 0 spiro atoms. The highest BCUT2D eigenvalue weighted by Gasteiger charge is 2.03. The van der Waals surface area contributed by atoms with Crippen LogP contribution in [0, 0.1) is 0 Å². The molecule has 0 saturated heterocycles. The van der Waals surface area contributed by atoms with Crippen molar-refractivity contribution in [2.75, 3.05) is 33.4 Å². The second-order valence-electron chi connectivity index (χ2n) is 3.83. The average molecular weight is 226 g/mol. The third-order valence-electron chi connectivity index (χ3n) is 2.33. The van der Waals surface area contributed by atoms with Crippen molar-refractivity contribution in [1.82, 2.24) is 14.5 Å². The van der Waals surface area contributed by atoms with Gasteiger partial charge in [-0.1, -0.05) is 0 Å². The molecule has 0 bridgehead atoms. The number of hydrogen-bond acceptors (Lipinski definition) is 4. The lowest BCUT2D eigenvalue weighted by Crippen LogP contribution is -2.23. The van der Waals surface area contributed by atoms with Crippen molar-refractivity contribution in [3.63, 3.8) is 0 Å². The standard InChI is InChI=1S/C11H22N4O/c1-3-16-7-6-14(2)8-11-9-15(5-4-12)10-13-11/h9-10H,3-8,12H2,1-2H3. The van der Waals surface area contributed by atoms with E-state index in [0.717, 1.165) is 38.5 Å². The number of nitrogens with zero attached hydrogens (tertiary/aromatic N) is 3. The fraction of sp³-hybridized carbons (Fsp3) is 0.727. The largest absolute Gasteiger partial charge is 0.380 e. The van der Waals surface area contributed by atoms with Crippen LogP contribution in [-0.4, -0.2) is 47.8 Å². The van der Waals surface area contributed by atoms with Gasteiger partial charge in [-0.3, -0.25) is 4.90 Å². The Labute approximate surface area is 97.2 Å². The highest BCUT2D eigenvalue weighted by atomic mass is 16.5. The highest BCUT2D eigenvalue weighted by molar-refractivity contribution is 4.96. The molecular weight excluding hydrogens is 204 g/mol. The molecule has 0 aliphatic rings. The van der Waals surface area contributed by atoms with Gasteiger partial charge in [0.1, 0.15) is 0 Å². The zero-order valence-electron chi connectivity index (χ0n) is 10.2. The van der Waals surface area contributed by atoms with E-state index in [-0.39, 0.29) is 0 Å². The van der Waals surface area contributed by atoms with Gasteiger partial charge in [0, 0.05) is 39.0 Å². The minimum Gasteiger partial charge on any atom is -0.380 e. The summed E-state index contributed by atoms with van der Waals surface area (Å²) in [6.45, 7) is 6.82. The lowest BCUT2D eigenvalue weighted by atomic mass is 10.4. The van der Waals surface area contributed by atoms with E-state index in [2.05, 4.69) is 16.9 Å². The summed E-state index contributed by atoms with van der Waals surface area (Å²) in [5.74, 6) is 0. The van der Waals surface area contributed by atoms with Gasteiger partial charge >= 0.3 is 0 Å². The van der Waals surface area contributed by atoms with E-state index in [1.54, 1.807) is 0 Å². The smallest absolute Gasteiger partial charge is 0.0950 e. The molecule has 1 aromatic heterocycles. The van der Waals surface area contributed by atoms with Gasteiger partial charge in [-0.15, -0.1) is 0 Å². The van der Waals surface area contributed by atoms with Gasteiger partial charge in [-0.25, -0.2) is 4.98 Å². The molecule has 16 heavy (non-hydrogen) atoms. The molecule has 1 heterocycles. The molecule has 0 saturated carbocycles. The Morgan fingerprint density at radius 3 is 3.06 bits per heavy atom. The first-order chi connectivity index (χ1) is 7.76. The van der Waals surface area contributed by atoms with Crippen molar-refractivity contribution in [2.24, 2.45) is 5.73 Å². The van der Waals surface area contributed by atoms with Gasteiger partial charge in [-0.2, -0.15) is 0 Å². The summed E-state index contributed by atoms with van der Waals surface area (Å²) in [5, 5.41) is 0. The molecule has 2 N–H and O–H groups in total. The Morgan fingerprint density at radius 1 is 1.56 bits per heavy atom. The van der Waals surface area contributed by atoms with E-state index in [0.29, 0.717) is 6.54 Å². The summed E-state index contributed by atoms with van der Waals surface area (Å²) >= 11 is 0. The zero-order valence-corrected chi connectivity index (χ0v) is 10.2. The zero-order chi connectivity index (χ0) is 11.8. The molecule has 0 aliphatic heterocycles. The predicted molar refractivity (Wildman–Crippen MR) is 64.1 cm³/mol. The summed E-state index contributed by atoms with van der Waals surface area (Å²) < 4.78 is 7.32. The van der Waals surface area contributed by atoms with E-state index < -0.39 is 0 Å². The molecular formula is C11H22N4O. The molecule has 0 unspecified atom stereocenters. The van der Waals surface area contributed by atoms with Crippen molar-refractivity contribution in [3.8, 4) is 0 Å². The molecule has 0 aromatic carbocycles. The Balaban J connectivity index is 2.28. The summed E-state index contributed by atoms with van der Waals surface area (Å²) in [6, 6.07) is 0. The average Bonchev–Trinajstić information content (AvgIpc) is 2.66. The van der Waals surface area contributed by atoms with Crippen LogP contribution in [0.3, 0.4) is 0 Å². The Bertz CT molecular complexity index is 287. The van der Waals surface area contributed by atoms with Crippen LogP contribution in [0.25, 0.3) is 0 Å². The predicted octanol–water partition coefficient (Wildman–Crippen LogP) is 0.310. The summed E-state index contributed by atoms with van der Waals surface area (Å²) in [5.41, 5.74) is 6.55. The number of aromatic nitrogens is 2. The first-order valence-electron chi connectivity index (χ1n) is 5.73. The van der Waals surface area contributed by atoms with E-state index >= 15 is 0 Å². The maximum Gasteiger partial charge on any atom is 0.0950 e. The number of ether oxygens (including phenoxy) is 1. The highest BCUT2D eigenvalue weighted by Crippen LogP contribution is 2.00. The van der Waals surface area contributed by atoms with Gasteiger partial charge in [0.2, 0.25) is 0 Å². The van der Waals surface area contributed by atoms with Crippen LogP contribution in [0.5, 0.6) is 0 Å². The third-order valence-corrected chi connectivity index (χ3v) is 2.33. The minimum absolute atomic E-state index is 0.649. The third kappa shape index (κ3) is 4.74. The first kappa shape index (κ1) is 13.2. The lowest BCUT2D eigenvalue weighted by molar-refractivity contribution is 0.120. The monoisotopic (exact) mass is 226 g/mol. The van der Waals surface area contributed by atoms with E-state index in [9.17, 15) is 0 Å². The van der Waals surface area contributed by atoms with Crippen LogP contribution in [0.4, 0.5) is 0 Å². The number of imidazole rings is 1. The Morgan fingerprint density at radius 2 is 2.38 bits per heavy atom. The van der Waals surface area contributed by atoms with Crippen LogP contribution in [0.2, 0.25) is 0 Å². The number of hydrogen-bond donors (Lipinski definition) is 1. The van der Waals surface area contributed by atoms with Crippen molar-refractivity contribution in [3.05, 3.63) is 18.2 Å². The molecule has 0 fully saturated rings. The molecule has 0 atom stereocenters. The van der Waals surface area contributed by atoms with Crippen LogP contribution in [-0.2, 0) is 17.8 Å². The van der Waals surface area contributed by atoms with Crippen molar-refractivity contribution < 1.29 is 4.74 Å². The lowest BCUT2D eigenvalue weighted by Gasteiger charge is -2.14. The van der Waals surface area contributed by atoms with Gasteiger partial charge in [0.05, 0.1) is 18.6 Å². The van der Waals surface area contributed by atoms with E-state index in [4.69, 9.17) is 10.5 Å². The Hall–Kier alpha value is -0.910. The molecule has 1 aromatic rings. The van der Waals surface area contributed by atoms with Crippen LogP contribution >= 0.6 is 0 Å². The van der Waals surface area contributed by atoms with Gasteiger partial charge < -0.3 is 15.0 Å². The van der Waals surface area contributed by atoms with Crippen molar-refractivity contribution >= 4 is 0 Å². The molecule has 0 radical (unpaired) electrons. The van der Waals surface area contributed by atoms with Crippen LogP contribution < -0.4 is 5.73 Å². The van der Waals surface area contributed by atoms with Crippen molar-refractivity contribution in [1.29, 1.82) is 0 Å². The molecule has 0 amide bonds. The summed E-state index contributed by atoms with van der Waals surface area (Å²) in [4.78, 5) is 6.53. The second kappa shape index (κ2) is 7.38. The second-order valence-corrected chi connectivity index (χ2v) is 3.83. The van der Waals surface area contributed by atoms with Gasteiger partial charge in [0.25, 0.3) is 0 Å².